The second-order valence-electron chi connectivity index (χ2n) is 4.42. The lowest BCUT2D eigenvalue weighted by atomic mass is 10.2. The molecule has 0 aliphatic rings. The fourth-order valence-electron chi connectivity index (χ4n) is 2.13. The number of fused-ring (bicyclic) bond motifs is 1. The van der Waals surface area contributed by atoms with Crippen molar-refractivity contribution >= 4 is 22.5 Å². The van der Waals surface area contributed by atoms with Crippen LogP contribution in [0.4, 0.5) is 10.1 Å². The van der Waals surface area contributed by atoms with E-state index in [0.717, 1.165) is 10.9 Å². The molecule has 20 heavy (non-hydrogen) atoms. The monoisotopic (exact) mass is 269 g/mol. The smallest absolute Gasteiger partial charge is 0.276 e. The number of hydrogen-bond acceptors (Lipinski definition) is 2. The summed E-state index contributed by atoms with van der Waals surface area (Å²) in [6.45, 7) is 0. The van der Waals surface area contributed by atoms with E-state index in [-0.39, 0.29) is 11.4 Å². The average Bonchev–Trinajstić information content (AvgIpc) is 2.79. The predicted octanol–water partition coefficient (Wildman–Crippen LogP) is 2.96. The Morgan fingerprint density at radius 3 is 2.65 bits per heavy atom. The van der Waals surface area contributed by atoms with Crippen molar-refractivity contribution < 1.29 is 9.18 Å². The molecule has 4 nitrogen and oxygen atoms in total. The number of nitrogens with zero attached hydrogens (tertiary/aromatic N) is 2. The highest BCUT2D eigenvalue weighted by Gasteiger charge is 2.16. The first kappa shape index (κ1) is 12.3. The molecule has 2 aromatic carbocycles. The van der Waals surface area contributed by atoms with E-state index in [9.17, 15) is 9.18 Å². The first-order valence-electron chi connectivity index (χ1n) is 6.14. The summed E-state index contributed by atoms with van der Waals surface area (Å²) in [5.74, 6) is -0.895. The van der Waals surface area contributed by atoms with Crippen LogP contribution < -0.4 is 5.32 Å². The van der Waals surface area contributed by atoms with E-state index in [2.05, 4.69) is 10.4 Å². The molecule has 1 N–H and O–H groups in total. The van der Waals surface area contributed by atoms with Crippen molar-refractivity contribution in [1.82, 2.24) is 9.78 Å². The Kier molecular flexibility index (Phi) is 2.95. The van der Waals surface area contributed by atoms with Gasteiger partial charge in [-0.3, -0.25) is 9.48 Å². The van der Waals surface area contributed by atoms with Gasteiger partial charge in [-0.1, -0.05) is 30.3 Å². The third kappa shape index (κ3) is 2.03. The van der Waals surface area contributed by atoms with Gasteiger partial charge in [0.2, 0.25) is 0 Å². The van der Waals surface area contributed by atoms with Crippen LogP contribution in [-0.2, 0) is 7.05 Å². The lowest BCUT2D eigenvalue weighted by Gasteiger charge is -2.04. The molecule has 0 fully saturated rings. The second-order valence-corrected chi connectivity index (χ2v) is 4.42. The van der Waals surface area contributed by atoms with Crippen molar-refractivity contribution in [3.05, 3.63) is 60.0 Å². The molecule has 3 aromatic rings. The summed E-state index contributed by atoms with van der Waals surface area (Å²) in [5.41, 5.74) is 1.28. The molecule has 1 amide bonds. The van der Waals surface area contributed by atoms with Crippen molar-refractivity contribution in [3.8, 4) is 0 Å². The van der Waals surface area contributed by atoms with Gasteiger partial charge in [0.15, 0.2) is 5.69 Å². The highest BCUT2D eigenvalue weighted by atomic mass is 19.1. The third-order valence-corrected chi connectivity index (χ3v) is 3.09. The van der Waals surface area contributed by atoms with Crippen LogP contribution in [0.3, 0.4) is 0 Å². The summed E-state index contributed by atoms with van der Waals surface area (Å²) in [6, 6.07) is 13.5. The average molecular weight is 269 g/mol. The molecule has 0 saturated carbocycles. The minimum Gasteiger partial charge on any atom is -0.318 e. The Hall–Kier alpha value is -2.69. The maximum absolute atomic E-state index is 13.5. The van der Waals surface area contributed by atoms with Crippen LogP contribution in [0.5, 0.6) is 0 Å². The van der Waals surface area contributed by atoms with E-state index >= 15 is 0 Å². The first-order valence-corrected chi connectivity index (χ1v) is 6.14. The highest BCUT2D eigenvalue weighted by molar-refractivity contribution is 6.11. The molecule has 1 heterocycles. The van der Waals surface area contributed by atoms with Crippen molar-refractivity contribution in [3.63, 3.8) is 0 Å². The van der Waals surface area contributed by atoms with Crippen LogP contribution in [0.2, 0.25) is 0 Å². The van der Waals surface area contributed by atoms with Crippen LogP contribution in [0.25, 0.3) is 10.9 Å². The standard InChI is InChI=1S/C15H12FN3O/c1-19-13-9-5-2-6-10(13)14(18-19)15(20)17-12-8-4-3-7-11(12)16/h2-9H,1H3,(H,17,20). The Balaban J connectivity index is 2.00. The Bertz CT molecular complexity index is 795. The number of amides is 1. The van der Waals surface area contributed by atoms with Gasteiger partial charge in [-0.15, -0.1) is 0 Å². The number of benzene rings is 2. The minimum atomic E-state index is -0.471. The fourth-order valence-corrected chi connectivity index (χ4v) is 2.13. The van der Waals surface area contributed by atoms with Crippen molar-refractivity contribution in [2.75, 3.05) is 5.32 Å². The summed E-state index contributed by atoms with van der Waals surface area (Å²) in [4.78, 5) is 12.2. The van der Waals surface area contributed by atoms with Gasteiger partial charge in [0, 0.05) is 12.4 Å². The van der Waals surface area contributed by atoms with Gasteiger partial charge in [-0.05, 0) is 18.2 Å². The molecule has 0 unspecified atom stereocenters. The number of nitrogens with one attached hydrogen (secondary N) is 1. The number of carbonyl (C=O) groups excluding carboxylic acids is 1. The van der Waals surface area contributed by atoms with Crippen LogP contribution in [-0.4, -0.2) is 15.7 Å². The highest BCUT2D eigenvalue weighted by Crippen LogP contribution is 2.19. The molecule has 1 aromatic heterocycles. The van der Waals surface area contributed by atoms with E-state index in [0.29, 0.717) is 0 Å². The number of aryl methyl sites for hydroxylation is 1. The lowest BCUT2D eigenvalue weighted by Crippen LogP contribution is -2.14. The van der Waals surface area contributed by atoms with Crippen molar-refractivity contribution in [2.45, 2.75) is 0 Å². The van der Waals surface area contributed by atoms with E-state index in [1.807, 2.05) is 24.3 Å². The molecule has 0 saturated heterocycles. The molecular weight excluding hydrogens is 257 g/mol. The number of para-hydroxylation sites is 2. The van der Waals surface area contributed by atoms with Gasteiger partial charge < -0.3 is 5.32 Å². The third-order valence-electron chi connectivity index (χ3n) is 3.09. The molecule has 0 radical (unpaired) electrons. The summed E-state index contributed by atoms with van der Waals surface area (Å²) < 4.78 is 15.2. The second kappa shape index (κ2) is 4.77. The topological polar surface area (TPSA) is 46.9 Å². The zero-order valence-electron chi connectivity index (χ0n) is 10.8. The molecule has 0 aliphatic carbocycles. The maximum atomic E-state index is 13.5. The molecule has 100 valence electrons. The quantitative estimate of drug-likeness (QED) is 0.777. The molecule has 5 heteroatoms. The van der Waals surface area contributed by atoms with E-state index in [4.69, 9.17) is 0 Å². The number of rotatable bonds is 2. The van der Waals surface area contributed by atoms with Crippen LogP contribution in [0.1, 0.15) is 10.5 Å². The number of aromatic nitrogens is 2. The SMILES string of the molecule is Cn1nc(C(=O)Nc2ccccc2F)c2ccccc21. The van der Waals surface area contributed by atoms with Gasteiger partial charge in [-0.2, -0.15) is 5.10 Å². The van der Waals surface area contributed by atoms with Gasteiger partial charge >= 0.3 is 0 Å². The lowest BCUT2D eigenvalue weighted by molar-refractivity contribution is 0.102. The van der Waals surface area contributed by atoms with E-state index in [1.54, 1.807) is 23.9 Å². The van der Waals surface area contributed by atoms with Crippen molar-refractivity contribution in [2.24, 2.45) is 7.05 Å². The van der Waals surface area contributed by atoms with Gasteiger partial charge in [-0.25, -0.2) is 4.39 Å². The largest absolute Gasteiger partial charge is 0.318 e. The molecule has 0 atom stereocenters. The maximum Gasteiger partial charge on any atom is 0.276 e. The summed E-state index contributed by atoms with van der Waals surface area (Å²) in [6.07, 6.45) is 0. The number of carbonyl (C=O) groups is 1. The molecule has 0 bridgehead atoms. The predicted molar refractivity (Wildman–Crippen MR) is 75.1 cm³/mol. The summed E-state index contributed by atoms with van der Waals surface area (Å²) in [7, 11) is 1.77. The van der Waals surface area contributed by atoms with Crippen LogP contribution in [0, 0.1) is 5.82 Å². The van der Waals surface area contributed by atoms with Crippen molar-refractivity contribution in [1.29, 1.82) is 0 Å². The van der Waals surface area contributed by atoms with Gasteiger partial charge in [0.05, 0.1) is 11.2 Å². The van der Waals surface area contributed by atoms with Crippen LogP contribution >= 0.6 is 0 Å². The Morgan fingerprint density at radius 2 is 1.85 bits per heavy atom. The van der Waals surface area contributed by atoms with Gasteiger partial charge in [0.25, 0.3) is 5.91 Å². The summed E-state index contributed by atoms with van der Waals surface area (Å²) in [5, 5.41) is 7.48. The number of halogens is 1. The summed E-state index contributed by atoms with van der Waals surface area (Å²) >= 11 is 0. The molecule has 0 spiro atoms. The fraction of sp³-hybridized carbons (Fsp3) is 0.0667. The molecular formula is C15H12FN3O. The normalized spacial score (nSPS) is 10.7. The van der Waals surface area contributed by atoms with Crippen LogP contribution in [0.15, 0.2) is 48.5 Å². The molecule has 3 rings (SSSR count). The number of anilines is 1. The number of hydrogen-bond donors (Lipinski definition) is 1. The van der Waals surface area contributed by atoms with Gasteiger partial charge in [0.1, 0.15) is 5.82 Å². The molecule has 0 aliphatic heterocycles. The Labute approximate surface area is 114 Å². The first-order chi connectivity index (χ1) is 9.66. The zero-order valence-corrected chi connectivity index (χ0v) is 10.8. The van der Waals surface area contributed by atoms with E-state index in [1.165, 1.54) is 12.1 Å². The van der Waals surface area contributed by atoms with E-state index < -0.39 is 11.7 Å². The Morgan fingerprint density at radius 1 is 1.15 bits per heavy atom. The zero-order chi connectivity index (χ0) is 14.1. The minimum absolute atomic E-state index is 0.146.